The number of hydrogen-bond acceptors (Lipinski definition) is 7. The van der Waals surface area contributed by atoms with E-state index in [1.807, 2.05) is 0 Å². The van der Waals surface area contributed by atoms with Gasteiger partial charge in [-0.25, -0.2) is 13.2 Å². The molecule has 1 aliphatic heterocycles. The Morgan fingerprint density at radius 1 is 0.946 bits per heavy atom. The number of amides is 2. The van der Waals surface area contributed by atoms with Crippen molar-refractivity contribution in [1.29, 1.82) is 0 Å². The number of nitrogens with one attached hydrogen (secondary N) is 2. The molecular formula is C24H21Cl2N3O6S2. The Morgan fingerprint density at radius 3 is 2.30 bits per heavy atom. The second kappa shape index (κ2) is 11.6. The van der Waals surface area contributed by atoms with Gasteiger partial charge in [0.1, 0.15) is 0 Å². The van der Waals surface area contributed by atoms with E-state index in [1.54, 1.807) is 17.5 Å². The third kappa shape index (κ3) is 6.49. The minimum absolute atomic E-state index is 0.00406. The molecule has 0 spiro atoms. The van der Waals surface area contributed by atoms with Gasteiger partial charge in [0.15, 0.2) is 6.61 Å². The molecule has 37 heavy (non-hydrogen) atoms. The number of rotatable bonds is 8. The summed E-state index contributed by atoms with van der Waals surface area (Å²) in [6, 6.07) is 11.6. The van der Waals surface area contributed by atoms with Gasteiger partial charge in [0, 0.05) is 13.1 Å². The molecule has 1 saturated heterocycles. The predicted octanol–water partition coefficient (Wildman–Crippen LogP) is 4.89. The van der Waals surface area contributed by atoms with Crippen LogP contribution < -0.4 is 10.6 Å². The standard InChI is InChI=1S/C24H21Cl2N3O6S2/c25-17-7-5-15(12-19(17)28-23(31)21-4-3-11-36-21)24(32)35-14-22(30)27-20-13-16(6-8-18(20)26)37(33,34)29-9-1-2-10-29/h3-8,11-13H,1-2,9-10,14H2,(H,27,30)(H,28,31). The molecule has 1 aromatic heterocycles. The molecule has 0 atom stereocenters. The van der Waals surface area contributed by atoms with Crippen LogP contribution in [0.1, 0.15) is 32.9 Å². The number of benzene rings is 2. The first kappa shape index (κ1) is 27.1. The van der Waals surface area contributed by atoms with Gasteiger partial charge in [-0.3, -0.25) is 9.59 Å². The van der Waals surface area contributed by atoms with Crippen LogP contribution in [-0.2, 0) is 19.6 Å². The zero-order chi connectivity index (χ0) is 26.6. The van der Waals surface area contributed by atoms with Gasteiger partial charge in [-0.1, -0.05) is 29.3 Å². The monoisotopic (exact) mass is 581 g/mol. The van der Waals surface area contributed by atoms with Crippen LogP contribution in [-0.4, -0.2) is 50.2 Å². The van der Waals surface area contributed by atoms with Crippen LogP contribution in [0, 0.1) is 0 Å². The van der Waals surface area contributed by atoms with E-state index in [1.165, 1.54) is 52.0 Å². The lowest BCUT2D eigenvalue weighted by molar-refractivity contribution is -0.119. The van der Waals surface area contributed by atoms with Crippen molar-refractivity contribution >= 4 is 73.7 Å². The van der Waals surface area contributed by atoms with Crippen LogP contribution >= 0.6 is 34.5 Å². The number of anilines is 2. The second-order valence-corrected chi connectivity index (χ2v) is 11.7. The fraction of sp³-hybridized carbons (Fsp3) is 0.208. The molecular weight excluding hydrogens is 561 g/mol. The summed E-state index contributed by atoms with van der Waals surface area (Å²) >= 11 is 13.5. The number of sulfonamides is 1. The molecule has 1 aliphatic rings. The summed E-state index contributed by atoms with van der Waals surface area (Å²) in [5.41, 5.74) is 0.352. The van der Waals surface area contributed by atoms with Crippen molar-refractivity contribution in [3.63, 3.8) is 0 Å². The second-order valence-electron chi connectivity index (χ2n) is 8.00. The van der Waals surface area contributed by atoms with Crippen molar-refractivity contribution in [2.45, 2.75) is 17.7 Å². The Labute approximate surface area is 227 Å². The van der Waals surface area contributed by atoms with Crippen molar-refractivity contribution in [2.75, 3.05) is 30.3 Å². The average molecular weight is 582 g/mol. The van der Waals surface area contributed by atoms with E-state index in [0.717, 1.165) is 12.8 Å². The topological polar surface area (TPSA) is 122 Å². The molecule has 2 aromatic carbocycles. The Balaban J connectivity index is 1.38. The molecule has 0 radical (unpaired) electrons. The van der Waals surface area contributed by atoms with Crippen LogP contribution in [0.3, 0.4) is 0 Å². The van der Waals surface area contributed by atoms with E-state index in [0.29, 0.717) is 18.0 Å². The van der Waals surface area contributed by atoms with Crippen molar-refractivity contribution in [3.05, 3.63) is 74.4 Å². The first-order valence-electron chi connectivity index (χ1n) is 11.1. The Hall–Kier alpha value is -2.96. The smallest absolute Gasteiger partial charge is 0.338 e. The fourth-order valence-corrected chi connectivity index (χ4v) is 6.07. The third-order valence-corrected chi connectivity index (χ3v) is 8.87. The molecule has 13 heteroatoms. The fourth-order valence-electron chi connectivity index (χ4n) is 3.58. The molecule has 1 fully saturated rings. The van der Waals surface area contributed by atoms with Crippen LogP contribution in [0.4, 0.5) is 11.4 Å². The van der Waals surface area contributed by atoms with Crippen molar-refractivity contribution in [3.8, 4) is 0 Å². The van der Waals surface area contributed by atoms with Crippen molar-refractivity contribution in [2.24, 2.45) is 0 Å². The summed E-state index contributed by atoms with van der Waals surface area (Å²) in [4.78, 5) is 37.7. The first-order chi connectivity index (χ1) is 17.6. The molecule has 0 aliphatic carbocycles. The summed E-state index contributed by atoms with van der Waals surface area (Å²) in [5.74, 6) is -1.92. The van der Waals surface area contributed by atoms with E-state index in [2.05, 4.69) is 10.6 Å². The summed E-state index contributed by atoms with van der Waals surface area (Å²) in [6.07, 6.45) is 1.58. The number of halogens is 2. The Kier molecular flexibility index (Phi) is 8.50. The van der Waals surface area contributed by atoms with Gasteiger partial charge in [-0.05, 0) is 60.7 Å². The number of hydrogen-bond donors (Lipinski definition) is 2. The van der Waals surface area contributed by atoms with E-state index < -0.39 is 28.5 Å². The van der Waals surface area contributed by atoms with E-state index in [-0.39, 0.29) is 37.8 Å². The molecule has 194 valence electrons. The van der Waals surface area contributed by atoms with Crippen LogP contribution in [0.25, 0.3) is 0 Å². The molecule has 2 amide bonds. The van der Waals surface area contributed by atoms with Gasteiger partial charge in [0.05, 0.1) is 36.8 Å². The van der Waals surface area contributed by atoms with Crippen LogP contribution in [0.2, 0.25) is 10.0 Å². The highest BCUT2D eigenvalue weighted by atomic mass is 35.5. The zero-order valence-corrected chi connectivity index (χ0v) is 22.3. The van der Waals surface area contributed by atoms with Gasteiger partial charge in [-0.15, -0.1) is 11.3 Å². The summed E-state index contributed by atoms with van der Waals surface area (Å²) in [6.45, 7) is 0.219. The highest BCUT2D eigenvalue weighted by Crippen LogP contribution is 2.29. The first-order valence-corrected chi connectivity index (χ1v) is 14.1. The maximum absolute atomic E-state index is 12.8. The zero-order valence-electron chi connectivity index (χ0n) is 19.2. The molecule has 0 unspecified atom stereocenters. The molecule has 3 aromatic rings. The van der Waals surface area contributed by atoms with Gasteiger partial charge >= 0.3 is 5.97 Å². The highest BCUT2D eigenvalue weighted by Gasteiger charge is 2.28. The summed E-state index contributed by atoms with van der Waals surface area (Å²) < 4.78 is 32.1. The Morgan fingerprint density at radius 2 is 1.62 bits per heavy atom. The van der Waals surface area contributed by atoms with Crippen molar-refractivity contribution < 1.29 is 27.5 Å². The van der Waals surface area contributed by atoms with Crippen molar-refractivity contribution in [1.82, 2.24) is 4.31 Å². The molecule has 9 nitrogen and oxygen atoms in total. The maximum Gasteiger partial charge on any atom is 0.338 e. The van der Waals surface area contributed by atoms with E-state index in [4.69, 9.17) is 27.9 Å². The minimum atomic E-state index is -3.71. The van der Waals surface area contributed by atoms with E-state index in [9.17, 15) is 22.8 Å². The number of esters is 1. The summed E-state index contributed by atoms with van der Waals surface area (Å²) in [5, 5.41) is 7.21. The lowest BCUT2D eigenvalue weighted by atomic mass is 10.2. The van der Waals surface area contributed by atoms with Crippen LogP contribution in [0.5, 0.6) is 0 Å². The Bertz CT molecular complexity index is 1440. The summed E-state index contributed by atoms with van der Waals surface area (Å²) in [7, 11) is -3.71. The predicted molar refractivity (Wildman–Crippen MR) is 142 cm³/mol. The van der Waals surface area contributed by atoms with E-state index >= 15 is 0 Å². The number of ether oxygens (including phenoxy) is 1. The molecule has 0 bridgehead atoms. The quantitative estimate of drug-likeness (QED) is 0.365. The lowest BCUT2D eigenvalue weighted by Crippen LogP contribution is -2.28. The maximum atomic E-state index is 12.8. The third-order valence-electron chi connectivity index (χ3n) is 5.44. The molecule has 4 rings (SSSR count). The van der Waals surface area contributed by atoms with Gasteiger partial charge in [0.2, 0.25) is 10.0 Å². The normalized spacial score (nSPS) is 13.8. The largest absolute Gasteiger partial charge is 0.452 e. The lowest BCUT2D eigenvalue weighted by Gasteiger charge is -2.16. The average Bonchev–Trinajstić information content (AvgIpc) is 3.60. The van der Waals surface area contributed by atoms with Gasteiger partial charge < -0.3 is 15.4 Å². The van der Waals surface area contributed by atoms with Gasteiger partial charge in [0.25, 0.3) is 11.8 Å². The number of nitrogens with zero attached hydrogens (tertiary/aromatic N) is 1. The molecule has 2 heterocycles. The minimum Gasteiger partial charge on any atom is -0.452 e. The molecule has 2 N–H and O–H groups in total. The highest BCUT2D eigenvalue weighted by molar-refractivity contribution is 7.89. The SMILES string of the molecule is O=C(COC(=O)c1ccc(Cl)c(NC(=O)c2cccs2)c1)Nc1cc(S(=O)(=O)N2CCCC2)ccc1Cl. The number of carbonyl (C=O) groups is 3. The van der Waals surface area contributed by atoms with Crippen LogP contribution in [0.15, 0.2) is 58.8 Å². The molecule has 0 saturated carbocycles. The number of carbonyl (C=O) groups excluding carboxylic acids is 3. The van der Waals surface area contributed by atoms with Gasteiger partial charge in [-0.2, -0.15) is 4.31 Å². The number of thiophene rings is 1.